The Kier molecular flexibility index (Phi) is 4.03. The van der Waals surface area contributed by atoms with E-state index >= 15 is 0 Å². The largest absolute Gasteiger partial charge is 0.467 e. The van der Waals surface area contributed by atoms with Crippen LogP contribution < -0.4 is 5.32 Å². The monoisotopic (exact) mass is 323 g/mol. The summed E-state index contributed by atoms with van der Waals surface area (Å²) in [7, 11) is 0. The molecule has 0 saturated carbocycles. The van der Waals surface area contributed by atoms with Gasteiger partial charge in [-0.2, -0.15) is 0 Å². The number of hydrogen-bond donors (Lipinski definition) is 1. The summed E-state index contributed by atoms with van der Waals surface area (Å²) >= 11 is 1.77. The van der Waals surface area contributed by atoms with Crippen molar-refractivity contribution >= 4 is 27.8 Å². The number of pyridine rings is 1. The molecule has 1 N–H and O–H groups in total. The third kappa shape index (κ3) is 3.10. The predicted octanol–water partition coefficient (Wildman–Crippen LogP) is 3.80. The molecule has 5 heteroatoms. The van der Waals surface area contributed by atoms with Gasteiger partial charge in [0.1, 0.15) is 5.76 Å². The molecule has 1 unspecified atom stereocenters. The molecule has 3 heterocycles. The molecule has 23 heavy (non-hydrogen) atoms. The number of nitrogens with one attached hydrogen (secondary N) is 1. The fourth-order valence-electron chi connectivity index (χ4n) is 2.84. The minimum atomic E-state index is 0.0696. The molecule has 0 aliphatic carbocycles. The maximum Gasteiger partial charge on any atom is 0.157 e. The Bertz CT molecular complexity index is 824. The van der Waals surface area contributed by atoms with Crippen LogP contribution in [0, 0.1) is 0 Å². The van der Waals surface area contributed by atoms with Crippen molar-refractivity contribution in [3.05, 3.63) is 66.2 Å². The number of benzene rings is 1. The second kappa shape index (κ2) is 6.46. The molecular formula is C18H17N3OS. The van der Waals surface area contributed by atoms with Crippen LogP contribution in [-0.2, 0) is 6.42 Å². The zero-order valence-electron chi connectivity index (χ0n) is 12.6. The van der Waals surface area contributed by atoms with Gasteiger partial charge in [0.05, 0.1) is 24.4 Å². The van der Waals surface area contributed by atoms with Crippen molar-refractivity contribution < 1.29 is 4.42 Å². The van der Waals surface area contributed by atoms with Crippen molar-refractivity contribution in [2.75, 3.05) is 12.3 Å². The van der Waals surface area contributed by atoms with E-state index in [9.17, 15) is 0 Å². The molecule has 1 aromatic carbocycles. The highest BCUT2D eigenvalue weighted by molar-refractivity contribution is 8.14. The SMILES string of the molecule is c1coc(C(Cc2ccnc3ccccc23)NC2=NCCS2)c1. The molecule has 1 aliphatic rings. The normalized spacial score (nSPS) is 15.6. The second-order valence-electron chi connectivity index (χ2n) is 5.44. The number of rotatable bonds is 4. The number of nitrogens with zero attached hydrogens (tertiary/aromatic N) is 2. The van der Waals surface area contributed by atoms with E-state index in [4.69, 9.17) is 4.42 Å². The third-order valence-corrected chi connectivity index (χ3v) is 4.84. The van der Waals surface area contributed by atoms with Gasteiger partial charge >= 0.3 is 0 Å². The molecule has 1 aliphatic heterocycles. The minimum Gasteiger partial charge on any atom is -0.467 e. The zero-order chi connectivity index (χ0) is 15.5. The molecule has 0 bridgehead atoms. The molecule has 3 aromatic rings. The van der Waals surface area contributed by atoms with Crippen LogP contribution in [0.5, 0.6) is 0 Å². The summed E-state index contributed by atoms with van der Waals surface area (Å²) in [6, 6.07) is 14.3. The second-order valence-corrected chi connectivity index (χ2v) is 6.52. The Morgan fingerprint density at radius 1 is 1.17 bits per heavy atom. The lowest BCUT2D eigenvalue weighted by atomic mass is 10.0. The molecule has 0 radical (unpaired) electrons. The summed E-state index contributed by atoms with van der Waals surface area (Å²) < 4.78 is 5.65. The molecule has 1 atom stereocenters. The first-order valence-electron chi connectivity index (χ1n) is 7.70. The molecule has 2 aromatic heterocycles. The average Bonchev–Trinajstić information content (AvgIpc) is 3.28. The van der Waals surface area contributed by atoms with Gasteiger partial charge in [0, 0.05) is 23.8 Å². The Morgan fingerprint density at radius 3 is 2.96 bits per heavy atom. The summed E-state index contributed by atoms with van der Waals surface area (Å²) in [5.41, 5.74) is 2.28. The van der Waals surface area contributed by atoms with Crippen LogP contribution in [0.1, 0.15) is 17.4 Å². The molecule has 4 nitrogen and oxygen atoms in total. The highest BCUT2D eigenvalue weighted by Gasteiger charge is 2.19. The number of fused-ring (bicyclic) bond motifs is 1. The lowest BCUT2D eigenvalue weighted by Crippen LogP contribution is -2.26. The Hall–Kier alpha value is -2.27. The number of thioether (sulfide) groups is 1. The lowest BCUT2D eigenvalue weighted by molar-refractivity contribution is 0.446. The van der Waals surface area contributed by atoms with E-state index in [-0.39, 0.29) is 6.04 Å². The number of hydrogen-bond acceptors (Lipinski definition) is 5. The Labute approximate surface area is 139 Å². The number of furan rings is 1. The van der Waals surface area contributed by atoms with Crippen molar-refractivity contribution in [2.24, 2.45) is 4.99 Å². The van der Waals surface area contributed by atoms with E-state index in [1.54, 1.807) is 18.0 Å². The fraction of sp³-hybridized carbons (Fsp3) is 0.222. The van der Waals surface area contributed by atoms with Gasteiger partial charge in [-0.1, -0.05) is 30.0 Å². The number of amidine groups is 1. The molecule has 116 valence electrons. The minimum absolute atomic E-state index is 0.0696. The summed E-state index contributed by atoms with van der Waals surface area (Å²) in [5.74, 6) is 1.98. The van der Waals surface area contributed by atoms with Crippen LogP contribution in [0.2, 0.25) is 0 Å². The highest BCUT2D eigenvalue weighted by Crippen LogP contribution is 2.25. The van der Waals surface area contributed by atoms with Gasteiger partial charge in [0.25, 0.3) is 0 Å². The Balaban J connectivity index is 1.66. The first kappa shape index (κ1) is 14.3. The van der Waals surface area contributed by atoms with Crippen LogP contribution in [0.15, 0.2) is 64.3 Å². The van der Waals surface area contributed by atoms with Gasteiger partial charge in [0.2, 0.25) is 0 Å². The van der Waals surface area contributed by atoms with Crippen molar-refractivity contribution in [1.29, 1.82) is 0 Å². The van der Waals surface area contributed by atoms with Crippen LogP contribution in [0.3, 0.4) is 0 Å². The molecule has 0 amide bonds. The standard InChI is InChI=1S/C18H17N3OS/c1-2-5-15-14(4-1)13(7-8-19-15)12-16(17-6-3-10-22-17)21-18-20-9-11-23-18/h1-8,10,16H,9,11-12H2,(H,20,21). The van der Waals surface area contributed by atoms with Crippen LogP contribution >= 0.6 is 11.8 Å². The molecular weight excluding hydrogens is 306 g/mol. The van der Waals surface area contributed by atoms with E-state index in [1.165, 1.54) is 10.9 Å². The van der Waals surface area contributed by atoms with Gasteiger partial charge in [-0.05, 0) is 29.8 Å². The van der Waals surface area contributed by atoms with Crippen LogP contribution in [-0.4, -0.2) is 22.4 Å². The van der Waals surface area contributed by atoms with Crippen molar-refractivity contribution in [3.8, 4) is 0 Å². The summed E-state index contributed by atoms with van der Waals surface area (Å²) in [5, 5.41) is 5.72. The quantitative estimate of drug-likeness (QED) is 0.793. The van der Waals surface area contributed by atoms with E-state index in [1.807, 2.05) is 30.5 Å². The number of aromatic nitrogens is 1. The fourth-order valence-corrected chi connectivity index (χ4v) is 3.62. The van der Waals surface area contributed by atoms with Crippen molar-refractivity contribution in [2.45, 2.75) is 12.5 Å². The number of para-hydroxylation sites is 1. The van der Waals surface area contributed by atoms with Gasteiger partial charge in [-0.25, -0.2) is 0 Å². The average molecular weight is 323 g/mol. The van der Waals surface area contributed by atoms with Crippen molar-refractivity contribution in [3.63, 3.8) is 0 Å². The van der Waals surface area contributed by atoms with Gasteiger partial charge < -0.3 is 9.73 Å². The maximum absolute atomic E-state index is 5.65. The third-order valence-electron chi connectivity index (χ3n) is 3.93. The van der Waals surface area contributed by atoms with E-state index in [0.717, 1.165) is 35.2 Å². The van der Waals surface area contributed by atoms with Crippen molar-refractivity contribution in [1.82, 2.24) is 10.3 Å². The summed E-state index contributed by atoms with van der Waals surface area (Å²) in [4.78, 5) is 8.95. The predicted molar refractivity (Wildman–Crippen MR) is 94.8 cm³/mol. The molecule has 4 rings (SSSR count). The maximum atomic E-state index is 5.65. The van der Waals surface area contributed by atoms with E-state index in [0.29, 0.717) is 0 Å². The highest BCUT2D eigenvalue weighted by atomic mass is 32.2. The zero-order valence-corrected chi connectivity index (χ0v) is 13.4. The topological polar surface area (TPSA) is 50.4 Å². The first-order valence-corrected chi connectivity index (χ1v) is 8.68. The van der Waals surface area contributed by atoms with Gasteiger partial charge in [-0.3, -0.25) is 9.98 Å². The van der Waals surface area contributed by atoms with E-state index < -0.39 is 0 Å². The van der Waals surface area contributed by atoms with Gasteiger partial charge in [0.15, 0.2) is 5.17 Å². The number of aliphatic imine (C=N–C) groups is 1. The van der Waals surface area contributed by atoms with Gasteiger partial charge in [-0.15, -0.1) is 0 Å². The lowest BCUT2D eigenvalue weighted by Gasteiger charge is -2.18. The molecule has 0 saturated heterocycles. The molecule has 0 spiro atoms. The smallest absolute Gasteiger partial charge is 0.157 e. The summed E-state index contributed by atoms with van der Waals surface area (Å²) in [6.07, 6.45) is 4.42. The van der Waals surface area contributed by atoms with Crippen LogP contribution in [0.4, 0.5) is 0 Å². The Morgan fingerprint density at radius 2 is 2.13 bits per heavy atom. The summed E-state index contributed by atoms with van der Waals surface area (Å²) in [6.45, 7) is 0.885. The van der Waals surface area contributed by atoms with E-state index in [2.05, 4.69) is 33.5 Å². The van der Waals surface area contributed by atoms with Crippen LogP contribution in [0.25, 0.3) is 10.9 Å². The first-order chi connectivity index (χ1) is 11.4. The molecule has 0 fully saturated rings.